The molecule has 2 heterocycles. The van der Waals surface area contributed by atoms with Crippen LogP contribution >= 0.6 is 0 Å². The van der Waals surface area contributed by atoms with Crippen molar-refractivity contribution in [3.05, 3.63) is 54.4 Å². The summed E-state index contributed by atoms with van der Waals surface area (Å²) in [7, 11) is -1.78. The van der Waals surface area contributed by atoms with Crippen molar-refractivity contribution in [2.75, 3.05) is 24.7 Å². The highest BCUT2D eigenvalue weighted by Crippen LogP contribution is 2.23. The summed E-state index contributed by atoms with van der Waals surface area (Å²) < 4.78 is 25.4. The SMILES string of the molecule is C=CC(=O)N(C)c1ccc(C(=O)N2CCn3ncc(S(C)(=O)=O)c3C2)cc1. The Morgan fingerprint density at radius 1 is 1.22 bits per heavy atom. The first-order valence-electron chi connectivity index (χ1n) is 8.26. The summed E-state index contributed by atoms with van der Waals surface area (Å²) in [5.41, 5.74) is 1.63. The minimum atomic E-state index is -3.41. The molecular weight excluding hydrogens is 368 g/mol. The van der Waals surface area contributed by atoms with E-state index in [1.165, 1.54) is 17.2 Å². The van der Waals surface area contributed by atoms with E-state index in [4.69, 9.17) is 0 Å². The summed E-state index contributed by atoms with van der Waals surface area (Å²) in [6, 6.07) is 6.66. The van der Waals surface area contributed by atoms with Gasteiger partial charge in [-0.3, -0.25) is 14.3 Å². The third-order valence-electron chi connectivity index (χ3n) is 4.53. The molecule has 0 unspecified atom stereocenters. The summed E-state index contributed by atoms with van der Waals surface area (Å²) >= 11 is 0. The van der Waals surface area contributed by atoms with Crippen LogP contribution in [0.15, 0.2) is 48.0 Å². The number of likely N-dealkylation sites (N-methyl/N-ethyl adjacent to an activating group) is 1. The third-order valence-corrected chi connectivity index (χ3v) is 5.67. The van der Waals surface area contributed by atoms with Crippen molar-refractivity contribution in [1.82, 2.24) is 14.7 Å². The fraction of sp³-hybridized carbons (Fsp3) is 0.278. The maximum Gasteiger partial charge on any atom is 0.254 e. The van der Waals surface area contributed by atoms with Crippen LogP contribution in [0.5, 0.6) is 0 Å². The Kier molecular flexibility index (Phi) is 4.88. The molecule has 0 aliphatic carbocycles. The molecule has 0 N–H and O–H groups in total. The first-order valence-corrected chi connectivity index (χ1v) is 10.2. The van der Waals surface area contributed by atoms with Gasteiger partial charge in [-0.05, 0) is 30.3 Å². The van der Waals surface area contributed by atoms with E-state index in [-0.39, 0.29) is 23.3 Å². The molecule has 1 aliphatic heterocycles. The third kappa shape index (κ3) is 3.63. The lowest BCUT2D eigenvalue weighted by molar-refractivity contribution is -0.113. The van der Waals surface area contributed by atoms with Crippen molar-refractivity contribution in [1.29, 1.82) is 0 Å². The fourth-order valence-corrected chi connectivity index (χ4v) is 3.82. The first-order chi connectivity index (χ1) is 12.7. The van der Waals surface area contributed by atoms with Gasteiger partial charge < -0.3 is 9.80 Å². The Balaban J connectivity index is 1.80. The molecule has 0 fully saturated rings. The molecule has 1 aliphatic rings. The normalized spacial score (nSPS) is 13.8. The number of anilines is 1. The number of carbonyl (C=O) groups excluding carboxylic acids is 2. The molecule has 8 nitrogen and oxygen atoms in total. The zero-order valence-electron chi connectivity index (χ0n) is 15.1. The Labute approximate surface area is 157 Å². The van der Waals surface area contributed by atoms with Crippen LogP contribution in [-0.2, 0) is 27.7 Å². The van der Waals surface area contributed by atoms with E-state index >= 15 is 0 Å². The summed E-state index contributed by atoms with van der Waals surface area (Å²) in [6.07, 6.45) is 3.68. The maximum absolute atomic E-state index is 12.8. The van der Waals surface area contributed by atoms with E-state index in [1.807, 2.05) is 0 Å². The number of amides is 2. The average molecular weight is 388 g/mol. The fourth-order valence-electron chi connectivity index (χ4n) is 2.98. The number of hydrogen-bond acceptors (Lipinski definition) is 5. The molecule has 2 amide bonds. The Hall–Kier alpha value is -2.94. The molecule has 0 atom stereocenters. The second-order valence-electron chi connectivity index (χ2n) is 6.33. The van der Waals surface area contributed by atoms with Gasteiger partial charge in [0.05, 0.1) is 25.0 Å². The molecule has 27 heavy (non-hydrogen) atoms. The summed E-state index contributed by atoms with van der Waals surface area (Å²) in [5.74, 6) is -0.446. The van der Waals surface area contributed by atoms with Crippen LogP contribution in [0.4, 0.5) is 5.69 Å². The zero-order chi connectivity index (χ0) is 19.8. The monoisotopic (exact) mass is 388 g/mol. The Bertz CT molecular complexity index is 1010. The molecule has 2 aromatic rings. The van der Waals surface area contributed by atoms with Crippen molar-refractivity contribution in [2.45, 2.75) is 18.0 Å². The van der Waals surface area contributed by atoms with E-state index in [0.717, 1.165) is 6.26 Å². The highest BCUT2D eigenvalue weighted by molar-refractivity contribution is 7.90. The van der Waals surface area contributed by atoms with Gasteiger partial charge in [0.25, 0.3) is 5.91 Å². The summed E-state index contributed by atoms with van der Waals surface area (Å²) in [4.78, 5) is 27.7. The van der Waals surface area contributed by atoms with Crippen molar-refractivity contribution in [3.63, 3.8) is 0 Å². The van der Waals surface area contributed by atoms with Crippen LogP contribution in [0.25, 0.3) is 0 Å². The Morgan fingerprint density at radius 2 is 1.89 bits per heavy atom. The van der Waals surface area contributed by atoms with Gasteiger partial charge >= 0.3 is 0 Å². The molecule has 1 aromatic carbocycles. The number of sulfone groups is 1. The van der Waals surface area contributed by atoms with E-state index in [2.05, 4.69) is 11.7 Å². The molecule has 0 spiro atoms. The lowest BCUT2D eigenvalue weighted by atomic mass is 10.1. The smallest absolute Gasteiger partial charge is 0.254 e. The molecule has 0 saturated heterocycles. The largest absolute Gasteiger partial charge is 0.331 e. The Morgan fingerprint density at radius 3 is 2.48 bits per heavy atom. The van der Waals surface area contributed by atoms with Crippen LogP contribution in [0.3, 0.4) is 0 Å². The molecule has 3 rings (SSSR count). The van der Waals surface area contributed by atoms with Gasteiger partial charge in [-0.15, -0.1) is 0 Å². The first kappa shape index (κ1) is 18.8. The van der Waals surface area contributed by atoms with Gasteiger partial charge in [0.2, 0.25) is 5.91 Å². The maximum atomic E-state index is 12.8. The van der Waals surface area contributed by atoms with Crippen LogP contribution in [0.2, 0.25) is 0 Å². The van der Waals surface area contributed by atoms with Crippen LogP contribution in [0, 0.1) is 0 Å². The number of carbonyl (C=O) groups is 2. The predicted molar refractivity (Wildman–Crippen MR) is 100 cm³/mol. The number of hydrogen-bond donors (Lipinski definition) is 0. The van der Waals surface area contributed by atoms with Gasteiger partial charge in [0, 0.05) is 31.1 Å². The molecule has 1 aromatic heterocycles. The number of nitrogens with zero attached hydrogens (tertiary/aromatic N) is 4. The van der Waals surface area contributed by atoms with Crippen molar-refractivity contribution >= 4 is 27.3 Å². The number of aromatic nitrogens is 2. The van der Waals surface area contributed by atoms with Gasteiger partial charge in [-0.25, -0.2) is 8.42 Å². The topological polar surface area (TPSA) is 92.6 Å². The molecule has 0 radical (unpaired) electrons. The number of benzene rings is 1. The summed E-state index contributed by atoms with van der Waals surface area (Å²) in [5, 5.41) is 4.10. The molecule has 0 saturated carbocycles. The van der Waals surface area contributed by atoms with Crippen LogP contribution < -0.4 is 4.90 Å². The van der Waals surface area contributed by atoms with Crippen molar-refractivity contribution < 1.29 is 18.0 Å². The van der Waals surface area contributed by atoms with Gasteiger partial charge in [-0.2, -0.15) is 5.10 Å². The highest BCUT2D eigenvalue weighted by atomic mass is 32.2. The van der Waals surface area contributed by atoms with Crippen LogP contribution in [-0.4, -0.2) is 54.8 Å². The van der Waals surface area contributed by atoms with E-state index in [9.17, 15) is 18.0 Å². The van der Waals surface area contributed by atoms with E-state index in [1.54, 1.807) is 40.9 Å². The molecule has 0 bridgehead atoms. The molecule has 9 heteroatoms. The molecule has 142 valence electrons. The van der Waals surface area contributed by atoms with Gasteiger partial charge in [0.15, 0.2) is 9.84 Å². The molecular formula is C18H20N4O4S. The summed E-state index contributed by atoms with van der Waals surface area (Å²) in [6.45, 7) is 4.50. The van der Waals surface area contributed by atoms with E-state index < -0.39 is 9.84 Å². The number of rotatable bonds is 4. The standard InChI is InChI=1S/C18H20N4O4S/c1-4-17(23)20(2)14-7-5-13(6-8-14)18(24)21-9-10-22-15(12-21)16(11-19-22)27(3,25)26/h4-8,11H,1,9-10,12H2,2-3H3. The van der Waals surface area contributed by atoms with Gasteiger partial charge in [0.1, 0.15) is 4.90 Å². The van der Waals surface area contributed by atoms with Crippen molar-refractivity contribution in [2.24, 2.45) is 0 Å². The quantitative estimate of drug-likeness (QED) is 0.731. The minimum Gasteiger partial charge on any atom is -0.331 e. The lowest BCUT2D eigenvalue weighted by Crippen LogP contribution is -2.39. The average Bonchev–Trinajstić information content (AvgIpc) is 3.10. The minimum absolute atomic E-state index is 0.153. The lowest BCUT2D eigenvalue weighted by Gasteiger charge is -2.28. The highest BCUT2D eigenvalue weighted by Gasteiger charge is 2.28. The van der Waals surface area contributed by atoms with E-state index in [0.29, 0.717) is 30.0 Å². The van der Waals surface area contributed by atoms with Gasteiger partial charge in [-0.1, -0.05) is 6.58 Å². The van der Waals surface area contributed by atoms with Crippen molar-refractivity contribution in [3.8, 4) is 0 Å². The zero-order valence-corrected chi connectivity index (χ0v) is 15.9. The van der Waals surface area contributed by atoms with Crippen LogP contribution in [0.1, 0.15) is 16.1 Å². The predicted octanol–water partition coefficient (Wildman–Crippen LogP) is 1.09. The second-order valence-corrected chi connectivity index (χ2v) is 8.31. The second kappa shape index (κ2) is 6.99. The number of fused-ring (bicyclic) bond motifs is 1.